The van der Waals surface area contributed by atoms with Gasteiger partial charge in [-0.3, -0.25) is 4.79 Å². The maximum absolute atomic E-state index is 13.0. The van der Waals surface area contributed by atoms with Gasteiger partial charge in [0.15, 0.2) is 0 Å². The Hall–Kier alpha value is -2.36. The number of carbonyl (C=O) groups is 1. The fourth-order valence-corrected chi connectivity index (χ4v) is 2.95. The first-order valence-corrected chi connectivity index (χ1v) is 8.64. The Morgan fingerprint density at radius 2 is 2.00 bits per heavy atom. The number of ether oxygens (including phenoxy) is 2. The van der Waals surface area contributed by atoms with Crippen molar-refractivity contribution in [3.63, 3.8) is 0 Å². The Kier molecular flexibility index (Phi) is 7.45. The van der Waals surface area contributed by atoms with Crippen LogP contribution in [0.15, 0.2) is 36.4 Å². The Morgan fingerprint density at radius 3 is 2.62 bits per heavy atom. The Bertz CT molecular complexity index is 858. The van der Waals surface area contributed by atoms with E-state index in [4.69, 9.17) is 15.2 Å². The number of likely N-dealkylation sites (tertiary alicyclic amines) is 1. The zero-order valence-corrected chi connectivity index (χ0v) is 16.4. The lowest BCUT2D eigenvalue weighted by atomic mass is 10.00. The molecule has 0 radical (unpaired) electrons. The fraction of sp³-hybridized carbons (Fsp3) is 0.368. The van der Waals surface area contributed by atoms with Gasteiger partial charge in [0.1, 0.15) is 11.4 Å². The van der Waals surface area contributed by atoms with E-state index in [1.54, 1.807) is 30.2 Å². The maximum Gasteiger partial charge on any atom is 0.433 e. The van der Waals surface area contributed by atoms with Crippen molar-refractivity contribution in [3.8, 4) is 11.6 Å². The second-order valence-corrected chi connectivity index (χ2v) is 6.56. The summed E-state index contributed by atoms with van der Waals surface area (Å²) in [6.07, 6.45) is -4.61. The molecule has 0 saturated carbocycles. The standard InChI is InChI=1S/C19H20F3N3O3.ClH/c1-27-11-13-9-25(10-13)18(26)14-3-2-4-15(7-14)28-17-6-12(8-23)5-16(24-17)19(20,21)22;/h2-7,13H,8-11,23H2,1H3;1H. The van der Waals surface area contributed by atoms with Crippen LogP contribution >= 0.6 is 12.4 Å². The number of nitrogens with zero attached hydrogens (tertiary/aromatic N) is 2. The van der Waals surface area contributed by atoms with Crippen LogP contribution in [0.3, 0.4) is 0 Å². The van der Waals surface area contributed by atoms with E-state index in [-0.39, 0.29) is 42.1 Å². The monoisotopic (exact) mass is 431 g/mol. The topological polar surface area (TPSA) is 77.7 Å². The van der Waals surface area contributed by atoms with E-state index in [9.17, 15) is 18.0 Å². The third-order valence-corrected chi connectivity index (χ3v) is 4.34. The molecule has 1 fully saturated rings. The Balaban J connectivity index is 0.00000300. The van der Waals surface area contributed by atoms with E-state index < -0.39 is 11.9 Å². The van der Waals surface area contributed by atoms with Gasteiger partial charge in [-0.2, -0.15) is 13.2 Å². The number of pyridine rings is 1. The van der Waals surface area contributed by atoms with Gasteiger partial charge < -0.3 is 20.1 Å². The van der Waals surface area contributed by atoms with Crippen LogP contribution in [0.2, 0.25) is 0 Å². The number of alkyl halides is 3. The van der Waals surface area contributed by atoms with Gasteiger partial charge in [0, 0.05) is 44.3 Å². The highest BCUT2D eigenvalue weighted by molar-refractivity contribution is 5.95. The average Bonchev–Trinajstić information content (AvgIpc) is 2.63. The van der Waals surface area contributed by atoms with Gasteiger partial charge in [-0.1, -0.05) is 6.07 Å². The highest BCUT2D eigenvalue weighted by Crippen LogP contribution is 2.31. The second-order valence-electron chi connectivity index (χ2n) is 6.56. The van der Waals surface area contributed by atoms with E-state index in [1.807, 2.05) is 0 Å². The minimum atomic E-state index is -4.61. The number of aromatic nitrogens is 1. The van der Waals surface area contributed by atoms with Gasteiger partial charge >= 0.3 is 6.18 Å². The second kappa shape index (κ2) is 9.43. The van der Waals surface area contributed by atoms with Crippen LogP contribution < -0.4 is 10.5 Å². The minimum absolute atomic E-state index is 0. The van der Waals surface area contributed by atoms with Crippen molar-refractivity contribution < 1.29 is 27.4 Å². The zero-order valence-electron chi connectivity index (χ0n) is 15.6. The largest absolute Gasteiger partial charge is 0.439 e. The van der Waals surface area contributed by atoms with Crippen LogP contribution in [0.5, 0.6) is 11.6 Å². The predicted molar refractivity (Wildman–Crippen MR) is 102 cm³/mol. The van der Waals surface area contributed by atoms with Gasteiger partial charge in [-0.25, -0.2) is 4.98 Å². The van der Waals surface area contributed by atoms with Crippen molar-refractivity contribution in [2.24, 2.45) is 11.7 Å². The lowest BCUT2D eigenvalue weighted by Gasteiger charge is -2.38. The van der Waals surface area contributed by atoms with Crippen molar-refractivity contribution in [2.75, 3.05) is 26.8 Å². The summed E-state index contributed by atoms with van der Waals surface area (Å²) in [4.78, 5) is 17.7. The molecule has 0 unspecified atom stereocenters. The van der Waals surface area contributed by atoms with E-state index in [2.05, 4.69) is 4.98 Å². The summed E-state index contributed by atoms with van der Waals surface area (Å²) in [6.45, 7) is 1.72. The number of hydrogen-bond donors (Lipinski definition) is 1. The molecule has 1 aliphatic rings. The zero-order chi connectivity index (χ0) is 20.3. The lowest BCUT2D eigenvalue weighted by molar-refractivity contribution is -0.141. The molecule has 1 saturated heterocycles. The van der Waals surface area contributed by atoms with E-state index in [0.29, 0.717) is 31.2 Å². The predicted octanol–water partition coefficient (Wildman–Crippen LogP) is 3.49. The molecule has 0 aliphatic carbocycles. The number of benzene rings is 1. The molecule has 1 aromatic heterocycles. The molecular weight excluding hydrogens is 411 g/mol. The molecule has 10 heteroatoms. The molecule has 0 bridgehead atoms. The fourth-order valence-electron chi connectivity index (χ4n) is 2.95. The molecule has 3 rings (SSSR count). The van der Waals surface area contributed by atoms with Crippen LogP contribution in [0.25, 0.3) is 0 Å². The maximum atomic E-state index is 13.0. The molecule has 2 N–H and O–H groups in total. The summed E-state index contributed by atoms with van der Waals surface area (Å²) in [5, 5.41) is 0. The molecule has 2 heterocycles. The van der Waals surface area contributed by atoms with Gasteiger partial charge in [0.2, 0.25) is 5.88 Å². The summed E-state index contributed by atoms with van der Waals surface area (Å²) < 4.78 is 49.5. The summed E-state index contributed by atoms with van der Waals surface area (Å²) >= 11 is 0. The van der Waals surface area contributed by atoms with Crippen LogP contribution in [-0.4, -0.2) is 42.6 Å². The Morgan fingerprint density at radius 1 is 1.28 bits per heavy atom. The van der Waals surface area contributed by atoms with Crippen molar-refractivity contribution >= 4 is 18.3 Å². The van der Waals surface area contributed by atoms with E-state index >= 15 is 0 Å². The third kappa shape index (κ3) is 5.59. The molecule has 158 valence electrons. The molecule has 6 nitrogen and oxygen atoms in total. The first kappa shape index (κ1) is 22.9. The van der Waals surface area contributed by atoms with Crippen LogP contribution in [0.4, 0.5) is 13.2 Å². The molecular formula is C19H21ClF3N3O3. The molecule has 0 atom stereocenters. The average molecular weight is 432 g/mol. The lowest BCUT2D eigenvalue weighted by Crippen LogP contribution is -2.51. The summed E-state index contributed by atoms with van der Waals surface area (Å²) in [5.74, 6) is 0.133. The molecule has 29 heavy (non-hydrogen) atoms. The van der Waals surface area contributed by atoms with Crippen molar-refractivity contribution in [3.05, 3.63) is 53.2 Å². The first-order valence-electron chi connectivity index (χ1n) is 8.64. The normalized spacial score (nSPS) is 14.2. The van der Waals surface area contributed by atoms with Crippen LogP contribution in [0.1, 0.15) is 21.6 Å². The number of carbonyl (C=O) groups excluding carboxylic acids is 1. The number of nitrogens with two attached hydrogens (primary N) is 1. The highest BCUT2D eigenvalue weighted by atomic mass is 35.5. The SMILES string of the molecule is COCC1CN(C(=O)c2cccc(Oc3cc(CN)cc(C(F)(F)F)n3)c2)C1.Cl. The smallest absolute Gasteiger partial charge is 0.433 e. The summed E-state index contributed by atoms with van der Waals surface area (Å²) in [7, 11) is 1.61. The molecule has 1 amide bonds. The molecule has 0 spiro atoms. The quantitative estimate of drug-likeness (QED) is 0.757. The molecule has 2 aromatic rings. The minimum Gasteiger partial charge on any atom is -0.439 e. The summed E-state index contributed by atoms with van der Waals surface area (Å²) in [6, 6.07) is 8.48. The number of hydrogen-bond acceptors (Lipinski definition) is 5. The van der Waals surface area contributed by atoms with Crippen molar-refractivity contribution in [1.29, 1.82) is 0 Å². The van der Waals surface area contributed by atoms with E-state index in [0.717, 1.165) is 6.07 Å². The summed E-state index contributed by atoms with van der Waals surface area (Å²) in [5.41, 5.74) is 5.02. The third-order valence-electron chi connectivity index (χ3n) is 4.34. The number of halogens is 4. The van der Waals surface area contributed by atoms with Gasteiger partial charge in [-0.15, -0.1) is 12.4 Å². The molecule has 1 aliphatic heterocycles. The highest BCUT2D eigenvalue weighted by Gasteiger charge is 2.34. The van der Waals surface area contributed by atoms with Gasteiger partial charge in [0.05, 0.1) is 6.61 Å². The van der Waals surface area contributed by atoms with E-state index in [1.165, 1.54) is 12.1 Å². The van der Waals surface area contributed by atoms with Gasteiger partial charge in [-0.05, 0) is 29.8 Å². The number of amides is 1. The molecule has 1 aromatic carbocycles. The first-order chi connectivity index (χ1) is 13.3. The number of methoxy groups -OCH3 is 1. The van der Waals surface area contributed by atoms with Crippen molar-refractivity contribution in [1.82, 2.24) is 9.88 Å². The Labute approximate surface area is 172 Å². The number of rotatable bonds is 6. The van der Waals surface area contributed by atoms with Gasteiger partial charge in [0.25, 0.3) is 5.91 Å². The van der Waals surface area contributed by atoms with Crippen LogP contribution in [-0.2, 0) is 17.5 Å². The van der Waals surface area contributed by atoms with Crippen molar-refractivity contribution in [2.45, 2.75) is 12.7 Å². The van der Waals surface area contributed by atoms with Crippen LogP contribution in [0, 0.1) is 5.92 Å².